The molecule has 2 aromatic carbocycles. The fourth-order valence-electron chi connectivity index (χ4n) is 2.33. The first-order valence-corrected chi connectivity index (χ1v) is 8.65. The molecular weight excluding hydrogens is 368 g/mol. The van der Waals surface area contributed by atoms with E-state index in [1.807, 2.05) is 30.3 Å². The van der Waals surface area contributed by atoms with E-state index in [4.69, 9.17) is 9.47 Å². The van der Waals surface area contributed by atoms with Crippen molar-refractivity contribution in [3.63, 3.8) is 0 Å². The average Bonchev–Trinajstić information content (AvgIpc) is 2.68. The van der Waals surface area contributed by atoms with E-state index < -0.39 is 4.92 Å². The van der Waals surface area contributed by atoms with E-state index in [1.54, 1.807) is 18.2 Å². The molecule has 1 heterocycles. The molecule has 0 spiro atoms. The second kappa shape index (κ2) is 8.37. The van der Waals surface area contributed by atoms with Crippen LogP contribution in [-0.2, 0) is 0 Å². The minimum absolute atomic E-state index is 0.0694. The van der Waals surface area contributed by atoms with Crippen LogP contribution in [0.4, 0.5) is 17.2 Å². The summed E-state index contributed by atoms with van der Waals surface area (Å²) in [5, 5.41) is 14.9. The van der Waals surface area contributed by atoms with E-state index in [2.05, 4.69) is 15.3 Å². The predicted molar refractivity (Wildman–Crippen MR) is 102 cm³/mol. The summed E-state index contributed by atoms with van der Waals surface area (Å²) < 4.78 is 10.5. The molecule has 0 aliphatic carbocycles. The molecule has 0 saturated heterocycles. The quantitative estimate of drug-likeness (QED) is 0.366. The third-order valence-electron chi connectivity index (χ3n) is 3.59. The maximum Gasteiger partial charge on any atom is 0.343 e. The minimum Gasteiger partial charge on any atom is -0.497 e. The Balaban J connectivity index is 2.01. The molecule has 0 radical (unpaired) electrons. The number of methoxy groups -OCH3 is 2. The lowest BCUT2D eigenvalue weighted by molar-refractivity contribution is -0.387. The fourth-order valence-corrected chi connectivity index (χ4v) is 3.22. The van der Waals surface area contributed by atoms with Crippen molar-refractivity contribution < 1.29 is 14.4 Å². The van der Waals surface area contributed by atoms with Gasteiger partial charge in [0.25, 0.3) is 0 Å². The van der Waals surface area contributed by atoms with Gasteiger partial charge in [-0.15, -0.1) is 0 Å². The summed E-state index contributed by atoms with van der Waals surface area (Å²) in [5.41, 5.74) is 0.283. The lowest BCUT2D eigenvalue weighted by Crippen LogP contribution is -2.04. The number of aromatic nitrogens is 2. The number of nitrogens with zero attached hydrogens (tertiary/aromatic N) is 3. The van der Waals surface area contributed by atoms with E-state index in [1.165, 1.54) is 32.3 Å². The Morgan fingerprint density at radius 2 is 1.85 bits per heavy atom. The molecule has 9 heteroatoms. The second-order valence-electron chi connectivity index (χ2n) is 5.24. The highest BCUT2D eigenvalue weighted by molar-refractivity contribution is 7.99. The number of rotatable bonds is 7. The van der Waals surface area contributed by atoms with Crippen LogP contribution in [0.5, 0.6) is 11.5 Å². The highest BCUT2D eigenvalue weighted by Crippen LogP contribution is 2.39. The summed E-state index contributed by atoms with van der Waals surface area (Å²) in [6, 6.07) is 14.4. The number of hydrogen-bond donors (Lipinski definition) is 1. The number of hydrogen-bond acceptors (Lipinski definition) is 8. The Morgan fingerprint density at radius 3 is 2.52 bits per heavy atom. The Bertz CT molecular complexity index is 953. The van der Waals surface area contributed by atoms with Crippen LogP contribution in [0.1, 0.15) is 0 Å². The van der Waals surface area contributed by atoms with E-state index in [-0.39, 0.29) is 16.5 Å². The van der Waals surface area contributed by atoms with Crippen molar-refractivity contribution in [3.8, 4) is 11.5 Å². The monoisotopic (exact) mass is 384 g/mol. The summed E-state index contributed by atoms with van der Waals surface area (Å²) in [6.45, 7) is 0. The summed E-state index contributed by atoms with van der Waals surface area (Å²) in [4.78, 5) is 20.2. The van der Waals surface area contributed by atoms with Gasteiger partial charge in [-0.3, -0.25) is 10.1 Å². The fraction of sp³-hybridized carbons (Fsp3) is 0.111. The predicted octanol–water partition coefficient (Wildman–Crippen LogP) is 4.30. The zero-order chi connectivity index (χ0) is 19.2. The Morgan fingerprint density at radius 1 is 1.07 bits per heavy atom. The third kappa shape index (κ3) is 4.26. The summed E-state index contributed by atoms with van der Waals surface area (Å²) in [6.07, 6.45) is 1.28. The topological polar surface area (TPSA) is 99.4 Å². The normalized spacial score (nSPS) is 10.3. The van der Waals surface area contributed by atoms with Crippen molar-refractivity contribution in [1.82, 2.24) is 9.97 Å². The first-order valence-electron chi connectivity index (χ1n) is 7.83. The van der Waals surface area contributed by atoms with E-state index in [0.717, 1.165) is 4.90 Å². The number of nitrogens with one attached hydrogen (secondary N) is 1. The molecule has 0 aliphatic rings. The molecule has 1 N–H and O–H groups in total. The van der Waals surface area contributed by atoms with Gasteiger partial charge >= 0.3 is 5.69 Å². The van der Waals surface area contributed by atoms with Gasteiger partial charge in [0.15, 0.2) is 5.03 Å². The summed E-state index contributed by atoms with van der Waals surface area (Å²) in [5.74, 6) is 1.15. The van der Waals surface area contributed by atoms with E-state index in [9.17, 15) is 10.1 Å². The molecule has 8 nitrogen and oxygen atoms in total. The Hall–Kier alpha value is -3.33. The molecule has 0 unspecified atom stereocenters. The molecule has 0 bridgehead atoms. The van der Waals surface area contributed by atoms with Gasteiger partial charge in [-0.05, 0) is 24.3 Å². The largest absolute Gasteiger partial charge is 0.497 e. The molecular formula is C18H16N4O4S. The van der Waals surface area contributed by atoms with E-state index >= 15 is 0 Å². The van der Waals surface area contributed by atoms with E-state index in [0.29, 0.717) is 17.2 Å². The van der Waals surface area contributed by atoms with Crippen LogP contribution in [0.25, 0.3) is 0 Å². The van der Waals surface area contributed by atoms with Gasteiger partial charge in [0, 0.05) is 11.0 Å². The van der Waals surface area contributed by atoms with Gasteiger partial charge in [-0.1, -0.05) is 30.0 Å². The maximum atomic E-state index is 11.7. The van der Waals surface area contributed by atoms with Crippen molar-refractivity contribution in [2.24, 2.45) is 0 Å². The highest BCUT2D eigenvalue weighted by atomic mass is 32.2. The van der Waals surface area contributed by atoms with Crippen LogP contribution >= 0.6 is 11.8 Å². The first kappa shape index (κ1) is 18.5. The van der Waals surface area contributed by atoms with Crippen LogP contribution in [-0.4, -0.2) is 29.1 Å². The van der Waals surface area contributed by atoms with Crippen LogP contribution in [0.2, 0.25) is 0 Å². The van der Waals surface area contributed by atoms with Crippen LogP contribution in [0, 0.1) is 10.1 Å². The highest BCUT2D eigenvalue weighted by Gasteiger charge is 2.24. The number of ether oxygens (including phenoxy) is 2. The van der Waals surface area contributed by atoms with Crippen molar-refractivity contribution in [3.05, 3.63) is 65.0 Å². The number of anilines is 2. The van der Waals surface area contributed by atoms with Crippen molar-refractivity contribution >= 4 is 29.0 Å². The van der Waals surface area contributed by atoms with Crippen molar-refractivity contribution in [2.75, 3.05) is 19.5 Å². The lowest BCUT2D eigenvalue weighted by Gasteiger charge is -2.13. The molecule has 0 aliphatic heterocycles. The zero-order valence-corrected chi connectivity index (χ0v) is 15.4. The molecule has 0 fully saturated rings. The van der Waals surface area contributed by atoms with Gasteiger partial charge in [0.05, 0.1) is 24.8 Å². The Labute approximate surface area is 159 Å². The van der Waals surface area contributed by atoms with Gasteiger partial charge < -0.3 is 14.8 Å². The van der Waals surface area contributed by atoms with Gasteiger partial charge in [0.1, 0.15) is 17.8 Å². The Kier molecular flexibility index (Phi) is 5.72. The van der Waals surface area contributed by atoms with Crippen LogP contribution in [0.3, 0.4) is 0 Å². The standard InChI is InChI=1S/C18H16N4O4S/c1-25-12-8-9-15(26-2)14(10-12)21-17-16(22(23)24)18(20-11-19-17)27-13-6-4-3-5-7-13/h3-11H,1-2H3,(H,19,20,21). The second-order valence-corrected chi connectivity index (χ2v) is 6.30. The molecule has 138 valence electrons. The molecule has 0 atom stereocenters. The molecule has 3 aromatic rings. The zero-order valence-electron chi connectivity index (χ0n) is 14.6. The summed E-state index contributed by atoms with van der Waals surface area (Å²) >= 11 is 1.20. The molecule has 0 saturated carbocycles. The van der Waals surface area contributed by atoms with Gasteiger partial charge in [-0.2, -0.15) is 0 Å². The van der Waals surface area contributed by atoms with Crippen LogP contribution in [0.15, 0.2) is 64.8 Å². The van der Waals surface area contributed by atoms with Crippen molar-refractivity contribution in [2.45, 2.75) is 9.92 Å². The maximum absolute atomic E-state index is 11.7. The van der Waals surface area contributed by atoms with Crippen LogP contribution < -0.4 is 14.8 Å². The van der Waals surface area contributed by atoms with Crippen molar-refractivity contribution in [1.29, 1.82) is 0 Å². The SMILES string of the molecule is COc1ccc(OC)c(Nc2ncnc(Sc3ccccc3)c2[N+](=O)[O-])c1. The molecule has 1 aromatic heterocycles. The molecule has 3 rings (SSSR count). The third-order valence-corrected chi connectivity index (χ3v) is 4.59. The van der Waals surface area contributed by atoms with Gasteiger partial charge in [0.2, 0.25) is 5.82 Å². The first-order chi connectivity index (χ1) is 13.1. The summed E-state index contributed by atoms with van der Waals surface area (Å²) in [7, 11) is 3.05. The molecule has 27 heavy (non-hydrogen) atoms. The average molecular weight is 384 g/mol. The number of benzene rings is 2. The minimum atomic E-state index is -0.500. The smallest absolute Gasteiger partial charge is 0.343 e. The number of nitro groups is 1. The lowest BCUT2D eigenvalue weighted by atomic mass is 10.2. The molecule has 0 amide bonds. The van der Waals surface area contributed by atoms with Gasteiger partial charge in [-0.25, -0.2) is 9.97 Å².